The molecule has 4 nitrogen and oxygen atoms in total. The lowest BCUT2D eigenvalue weighted by molar-refractivity contribution is 0.560. The van der Waals surface area contributed by atoms with Crippen LogP contribution in [-0.4, -0.2) is 19.9 Å². The summed E-state index contributed by atoms with van der Waals surface area (Å²) in [5.74, 6) is 0.279. The summed E-state index contributed by atoms with van der Waals surface area (Å²) in [4.78, 5) is 4.51. The van der Waals surface area contributed by atoms with Crippen LogP contribution >= 0.6 is 27.3 Å². The second-order valence-electron chi connectivity index (χ2n) is 4.34. The molecule has 0 saturated carbocycles. The van der Waals surface area contributed by atoms with Crippen molar-refractivity contribution in [2.45, 2.75) is 18.7 Å². The van der Waals surface area contributed by atoms with Crippen molar-refractivity contribution in [3.05, 3.63) is 22.1 Å². The number of hydrogen-bond donors (Lipinski definition) is 1. The largest absolute Gasteiger partial charge is 0.240 e. The highest BCUT2D eigenvalue weighted by molar-refractivity contribution is 9.11. The maximum Gasteiger partial charge on any atom is 0.240 e. The van der Waals surface area contributed by atoms with Gasteiger partial charge >= 0.3 is 0 Å². The predicted molar refractivity (Wildman–Crippen MR) is 77.3 cm³/mol. The third-order valence-electron chi connectivity index (χ3n) is 2.33. The van der Waals surface area contributed by atoms with Crippen molar-refractivity contribution in [1.29, 1.82) is 0 Å². The Morgan fingerprint density at radius 2 is 2.17 bits per heavy atom. The van der Waals surface area contributed by atoms with Crippen molar-refractivity contribution in [2.75, 3.05) is 6.54 Å². The van der Waals surface area contributed by atoms with Crippen LogP contribution in [0.25, 0.3) is 10.2 Å². The van der Waals surface area contributed by atoms with E-state index in [4.69, 9.17) is 0 Å². The molecule has 1 aromatic carbocycles. The lowest BCUT2D eigenvalue weighted by Gasteiger charge is -2.08. The molecule has 0 unspecified atom stereocenters. The summed E-state index contributed by atoms with van der Waals surface area (Å²) in [5, 5.41) is 0. The predicted octanol–water partition coefficient (Wildman–Crippen LogP) is 2.99. The molecule has 18 heavy (non-hydrogen) atoms. The number of nitrogens with one attached hydrogen (secondary N) is 1. The molecule has 1 aromatic heterocycles. The van der Waals surface area contributed by atoms with Crippen molar-refractivity contribution in [1.82, 2.24) is 9.71 Å². The third-order valence-corrected chi connectivity index (χ3v) is 5.22. The smallest absolute Gasteiger partial charge is 0.229 e. The molecule has 2 aromatic rings. The fraction of sp³-hybridized carbons (Fsp3) is 0.364. The second-order valence-corrected chi connectivity index (χ2v) is 8.42. The Balaban J connectivity index is 2.35. The van der Waals surface area contributed by atoms with Gasteiger partial charge in [-0.25, -0.2) is 18.1 Å². The van der Waals surface area contributed by atoms with E-state index >= 15 is 0 Å². The molecule has 0 spiro atoms. The summed E-state index contributed by atoms with van der Waals surface area (Å²) in [6, 6.07) is 4.96. The second kappa shape index (κ2) is 5.24. The first-order valence-electron chi connectivity index (χ1n) is 5.44. The molecule has 7 heteroatoms. The Kier molecular flexibility index (Phi) is 4.05. The van der Waals surface area contributed by atoms with Gasteiger partial charge in [0.1, 0.15) is 0 Å². The summed E-state index contributed by atoms with van der Waals surface area (Å²) >= 11 is 4.71. The number of benzene rings is 1. The summed E-state index contributed by atoms with van der Waals surface area (Å²) in [5.41, 5.74) is 0.801. The van der Waals surface area contributed by atoms with Gasteiger partial charge < -0.3 is 0 Å². The molecule has 0 saturated heterocycles. The molecular weight excluding hydrogens is 336 g/mol. The normalized spacial score (nSPS) is 12.4. The molecule has 0 atom stereocenters. The zero-order valence-electron chi connectivity index (χ0n) is 9.97. The van der Waals surface area contributed by atoms with Gasteiger partial charge in [-0.3, -0.25) is 0 Å². The minimum Gasteiger partial charge on any atom is -0.229 e. The first-order chi connectivity index (χ1) is 8.38. The van der Waals surface area contributed by atoms with Gasteiger partial charge in [0.2, 0.25) is 10.0 Å². The fourth-order valence-corrected chi connectivity index (χ4v) is 4.16. The van der Waals surface area contributed by atoms with Gasteiger partial charge in [-0.2, -0.15) is 0 Å². The summed E-state index contributed by atoms with van der Waals surface area (Å²) < 4.78 is 28.3. The molecule has 0 fully saturated rings. The Labute approximate surface area is 119 Å². The average molecular weight is 349 g/mol. The van der Waals surface area contributed by atoms with Crippen LogP contribution in [-0.2, 0) is 10.0 Å². The maximum absolute atomic E-state index is 12.0. The molecule has 0 aliphatic heterocycles. The van der Waals surface area contributed by atoms with Gasteiger partial charge in [0.15, 0.2) is 3.92 Å². The van der Waals surface area contributed by atoms with Crippen LogP contribution in [0.4, 0.5) is 0 Å². The monoisotopic (exact) mass is 348 g/mol. The first-order valence-corrected chi connectivity index (χ1v) is 8.53. The quantitative estimate of drug-likeness (QED) is 0.923. The number of nitrogens with zero attached hydrogens (tertiary/aromatic N) is 1. The van der Waals surface area contributed by atoms with Gasteiger partial charge in [-0.05, 0) is 40.0 Å². The van der Waals surface area contributed by atoms with Crippen LogP contribution in [0.3, 0.4) is 0 Å². The van der Waals surface area contributed by atoms with E-state index in [9.17, 15) is 8.42 Å². The van der Waals surface area contributed by atoms with Crippen molar-refractivity contribution < 1.29 is 8.42 Å². The molecule has 0 bridgehead atoms. The zero-order chi connectivity index (χ0) is 13.3. The van der Waals surface area contributed by atoms with Crippen LogP contribution < -0.4 is 4.72 Å². The summed E-state index contributed by atoms with van der Waals surface area (Å²) in [6.07, 6.45) is 0. The van der Waals surface area contributed by atoms with Gasteiger partial charge in [0.05, 0.1) is 15.1 Å². The standard InChI is InChI=1S/C11H13BrN2O2S2/c1-7(2)6-13-18(15,16)8-3-4-9-10(5-8)17-11(12)14-9/h3-5,7,13H,6H2,1-2H3. The van der Waals surface area contributed by atoms with Crippen LogP contribution in [0.5, 0.6) is 0 Å². The molecule has 0 aliphatic rings. The molecular formula is C11H13BrN2O2S2. The van der Waals surface area contributed by atoms with Gasteiger partial charge in [-0.15, -0.1) is 11.3 Å². The molecule has 1 N–H and O–H groups in total. The Bertz CT molecular complexity index is 665. The lowest BCUT2D eigenvalue weighted by Crippen LogP contribution is -2.27. The highest BCUT2D eigenvalue weighted by atomic mass is 79.9. The van der Waals surface area contributed by atoms with E-state index in [0.29, 0.717) is 6.54 Å². The lowest BCUT2D eigenvalue weighted by atomic mass is 10.2. The molecule has 0 aliphatic carbocycles. The molecule has 2 rings (SSSR count). The fourth-order valence-electron chi connectivity index (χ4n) is 1.40. The van der Waals surface area contributed by atoms with Crippen LogP contribution in [0.1, 0.15) is 13.8 Å². The number of thiazole rings is 1. The first kappa shape index (κ1) is 13.9. The topological polar surface area (TPSA) is 59.1 Å². The number of rotatable bonds is 4. The van der Waals surface area contributed by atoms with Crippen molar-refractivity contribution in [2.24, 2.45) is 5.92 Å². The highest BCUT2D eigenvalue weighted by Gasteiger charge is 2.15. The number of fused-ring (bicyclic) bond motifs is 1. The summed E-state index contributed by atoms with van der Waals surface area (Å²) in [7, 11) is -3.42. The Hall–Kier alpha value is -0.500. The van der Waals surface area contributed by atoms with E-state index in [1.165, 1.54) is 11.3 Å². The maximum atomic E-state index is 12.0. The Morgan fingerprint density at radius 1 is 1.44 bits per heavy atom. The van der Waals surface area contributed by atoms with Crippen LogP contribution in [0.15, 0.2) is 27.0 Å². The van der Waals surface area contributed by atoms with E-state index in [-0.39, 0.29) is 10.8 Å². The van der Waals surface area contributed by atoms with Crippen molar-refractivity contribution >= 4 is 47.5 Å². The van der Waals surface area contributed by atoms with Crippen molar-refractivity contribution in [3.63, 3.8) is 0 Å². The minimum absolute atomic E-state index is 0.279. The minimum atomic E-state index is -3.42. The molecule has 98 valence electrons. The molecule has 0 amide bonds. The number of hydrogen-bond acceptors (Lipinski definition) is 4. The van der Waals surface area contributed by atoms with Gasteiger partial charge in [-0.1, -0.05) is 13.8 Å². The van der Waals surface area contributed by atoms with E-state index < -0.39 is 10.0 Å². The van der Waals surface area contributed by atoms with E-state index in [1.807, 2.05) is 13.8 Å². The highest BCUT2D eigenvalue weighted by Crippen LogP contribution is 2.27. The SMILES string of the molecule is CC(C)CNS(=O)(=O)c1ccc2nc(Br)sc2c1. The number of sulfonamides is 1. The van der Waals surface area contributed by atoms with E-state index in [2.05, 4.69) is 25.6 Å². The molecule has 1 heterocycles. The van der Waals surface area contributed by atoms with Gasteiger partial charge in [0.25, 0.3) is 0 Å². The average Bonchev–Trinajstić information content (AvgIpc) is 2.65. The third kappa shape index (κ3) is 3.09. The molecule has 0 radical (unpaired) electrons. The van der Waals surface area contributed by atoms with Crippen LogP contribution in [0, 0.1) is 5.92 Å². The Morgan fingerprint density at radius 3 is 2.83 bits per heavy atom. The zero-order valence-corrected chi connectivity index (χ0v) is 13.2. The number of halogens is 1. The van der Waals surface area contributed by atoms with Crippen molar-refractivity contribution in [3.8, 4) is 0 Å². The van der Waals surface area contributed by atoms with E-state index in [0.717, 1.165) is 14.1 Å². The van der Waals surface area contributed by atoms with E-state index in [1.54, 1.807) is 18.2 Å². The van der Waals surface area contributed by atoms with Crippen LogP contribution in [0.2, 0.25) is 0 Å². The summed E-state index contributed by atoms with van der Waals surface area (Å²) in [6.45, 7) is 4.37. The van der Waals surface area contributed by atoms with Gasteiger partial charge in [0, 0.05) is 6.54 Å². The number of aromatic nitrogens is 1.